The topological polar surface area (TPSA) is 78.3 Å². The Morgan fingerprint density at radius 1 is 1.35 bits per heavy atom. The first-order chi connectivity index (χ1) is 11.3. The van der Waals surface area contributed by atoms with Gasteiger partial charge < -0.3 is 16.0 Å². The summed E-state index contributed by atoms with van der Waals surface area (Å²) in [5, 5.41) is 13.7. The molecule has 0 atom stereocenters. The highest BCUT2D eigenvalue weighted by atomic mass is 35.5. The van der Waals surface area contributed by atoms with Gasteiger partial charge in [0.05, 0.1) is 23.2 Å². The molecule has 1 saturated heterocycles. The van der Waals surface area contributed by atoms with Crippen LogP contribution in [0.15, 0.2) is 30.6 Å². The molecule has 1 aliphatic heterocycles. The Hall–Kier alpha value is -1.82. The van der Waals surface area contributed by atoms with E-state index in [-0.39, 0.29) is 0 Å². The molecule has 120 valence electrons. The number of hydrogen-bond acceptors (Lipinski definition) is 4. The van der Waals surface area contributed by atoms with Crippen LogP contribution in [0.25, 0.3) is 16.6 Å². The van der Waals surface area contributed by atoms with Gasteiger partial charge in [-0.1, -0.05) is 11.6 Å². The molecule has 0 spiro atoms. The van der Waals surface area contributed by atoms with E-state index in [1.54, 1.807) is 12.3 Å². The highest BCUT2D eigenvalue weighted by Crippen LogP contribution is 2.18. The van der Waals surface area contributed by atoms with Crippen LogP contribution in [0.5, 0.6) is 0 Å². The molecule has 23 heavy (non-hydrogen) atoms. The van der Waals surface area contributed by atoms with Gasteiger partial charge in [0.15, 0.2) is 0 Å². The number of pyridine rings is 2. The predicted molar refractivity (Wildman–Crippen MR) is 93.7 cm³/mol. The van der Waals surface area contributed by atoms with Crippen molar-refractivity contribution < 1.29 is 5.32 Å². The first kappa shape index (κ1) is 16.1. The van der Waals surface area contributed by atoms with Gasteiger partial charge in [-0.3, -0.25) is 4.98 Å². The third kappa shape index (κ3) is 4.13. The molecule has 0 saturated carbocycles. The number of nitrogens with zero attached hydrogens (tertiary/aromatic N) is 2. The van der Waals surface area contributed by atoms with Crippen LogP contribution in [0, 0.1) is 11.3 Å². The van der Waals surface area contributed by atoms with Crippen LogP contribution in [-0.2, 0) is 0 Å². The van der Waals surface area contributed by atoms with Crippen LogP contribution in [0.4, 0.5) is 0 Å². The molecular weight excluding hydrogens is 310 g/mol. The van der Waals surface area contributed by atoms with Crippen LogP contribution < -0.4 is 10.6 Å². The van der Waals surface area contributed by atoms with Gasteiger partial charge in [0.25, 0.3) is 0 Å². The molecule has 3 heterocycles. The number of fused-ring (bicyclic) bond motifs is 1. The molecule has 0 aliphatic carbocycles. The Balaban J connectivity index is 1.74. The lowest BCUT2D eigenvalue weighted by atomic mass is 9.98. The van der Waals surface area contributed by atoms with Gasteiger partial charge in [0, 0.05) is 23.9 Å². The van der Waals surface area contributed by atoms with E-state index in [0.29, 0.717) is 5.15 Å². The molecule has 0 aromatic carbocycles. The Bertz CT molecular complexity index is 722. The fourth-order valence-corrected chi connectivity index (χ4v) is 3.03. The van der Waals surface area contributed by atoms with E-state index in [2.05, 4.69) is 20.6 Å². The lowest BCUT2D eigenvalue weighted by Gasteiger charge is -2.20. The number of hydrogen-bond donors (Lipinski definition) is 3. The average Bonchev–Trinajstić information content (AvgIpc) is 2.59. The molecular formula is C17H21ClN5+. The van der Waals surface area contributed by atoms with E-state index >= 15 is 0 Å². The van der Waals surface area contributed by atoms with Crippen molar-refractivity contribution in [3.05, 3.63) is 41.3 Å². The molecule has 0 amide bonds. The van der Waals surface area contributed by atoms with Crippen LogP contribution in [-0.4, -0.2) is 35.8 Å². The molecule has 0 bridgehead atoms. The molecule has 5 nitrogen and oxygen atoms in total. The van der Waals surface area contributed by atoms with E-state index in [4.69, 9.17) is 17.0 Å². The average molecular weight is 331 g/mol. The number of halogens is 1. The maximum absolute atomic E-state index is 7.67. The van der Waals surface area contributed by atoms with E-state index in [1.807, 2.05) is 18.3 Å². The molecule has 2 aromatic rings. The standard InChI is InChI=1S/C17H20ClN5/c18-17-2-1-15-16(23-17)7-13(11-22-15)14(8-19)10-21-9-12-3-5-20-6-4-12/h1-2,7-8,10-12,19-21H,3-6,9H2/p+1. The summed E-state index contributed by atoms with van der Waals surface area (Å²) in [4.78, 5) is 8.69. The smallest absolute Gasteiger partial charge is 0.129 e. The van der Waals surface area contributed by atoms with E-state index < -0.39 is 0 Å². The van der Waals surface area contributed by atoms with E-state index in [1.165, 1.54) is 19.1 Å². The summed E-state index contributed by atoms with van der Waals surface area (Å²) in [6, 6.07) is 5.52. The van der Waals surface area contributed by atoms with Gasteiger partial charge in [0.2, 0.25) is 0 Å². The highest BCUT2D eigenvalue weighted by Gasteiger charge is 2.14. The zero-order chi connectivity index (χ0) is 16.1. The van der Waals surface area contributed by atoms with Gasteiger partial charge in [-0.25, -0.2) is 4.98 Å². The molecule has 3 rings (SSSR count). The van der Waals surface area contributed by atoms with Crippen LogP contribution in [0.1, 0.15) is 18.4 Å². The normalized spacial score (nSPS) is 16.7. The Morgan fingerprint density at radius 2 is 2.17 bits per heavy atom. The number of rotatable bonds is 5. The molecule has 4 N–H and O–H groups in total. The minimum atomic E-state index is 0.453. The van der Waals surface area contributed by atoms with Crippen molar-refractivity contribution in [2.75, 3.05) is 19.6 Å². The molecule has 6 heteroatoms. The van der Waals surface area contributed by atoms with Crippen molar-refractivity contribution >= 4 is 34.4 Å². The first-order valence-corrected chi connectivity index (χ1v) is 8.31. The number of quaternary nitrogens is 1. The minimum Gasteiger partial charge on any atom is -0.319 e. The van der Waals surface area contributed by atoms with Crippen LogP contribution in [0.2, 0.25) is 5.15 Å². The SMILES string of the molecule is N=CC(=C[NH2+]CC1CCNCC1)c1cnc2ccc(Cl)nc2c1. The number of allylic oxidation sites excluding steroid dienone is 1. The summed E-state index contributed by atoms with van der Waals surface area (Å²) in [7, 11) is 0. The van der Waals surface area contributed by atoms with Crippen LogP contribution in [0.3, 0.4) is 0 Å². The van der Waals surface area contributed by atoms with Crippen molar-refractivity contribution in [1.82, 2.24) is 15.3 Å². The second kappa shape index (κ2) is 7.64. The summed E-state index contributed by atoms with van der Waals surface area (Å²) in [5.41, 5.74) is 3.29. The number of aromatic nitrogens is 2. The lowest BCUT2D eigenvalue weighted by molar-refractivity contribution is -0.594. The minimum absolute atomic E-state index is 0.453. The Kier molecular flexibility index (Phi) is 5.33. The highest BCUT2D eigenvalue weighted by molar-refractivity contribution is 6.29. The largest absolute Gasteiger partial charge is 0.319 e. The molecule has 0 unspecified atom stereocenters. The molecule has 1 fully saturated rings. The number of nitrogens with one attached hydrogen (secondary N) is 2. The molecule has 0 radical (unpaired) electrons. The van der Waals surface area contributed by atoms with Gasteiger partial charge in [-0.2, -0.15) is 0 Å². The predicted octanol–water partition coefficient (Wildman–Crippen LogP) is 1.84. The van der Waals surface area contributed by atoms with Gasteiger partial charge in [-0.05, 0) is 44.1 Å². The van der Waals surface area contributed by atoms with Crippen molar-refractivity contribution in [3.63, 3.8) is 0 Å². The van der Waals surface area contributed by atoms with E-state index in [9.17, 15) is 0 Å². The second-order valence-corrected chi connectivity index (χ2v) is 6.21. The van der Waals surface area contributed by atoms with Gasteiger partial charge in [-0.15, -0.1) is 0 Å². The Labute approximate surface area is 140 Å². The van der Waals surface area contributed by atoms with Crippen molar-refractivity contribution in [1.29, 1.82) is 5.41 Å². The van der Waals surface area contributed by atoms with E-state index in [0.717, 1.165) is 47.7 Å². The summed E-state index contributed by atoms with van der Waals surface area (Å²) in [5.74, 6) is 0.745. The lowest BCUT2D eigenvalue weighted by Crippen LogP contribution is -2.80. The first-order valence-electron chi connectivity index (χ1n) is 7.93. The summed E-state index contributed by atoms with van der Waals surface area (Å²) < 4.78 is 0. The maximum Gasteiger partial charge on any atom is 0.129 e. The zero-order valence-electron chi connectivity index (χ0n) is 12.9. The Morgan fingerprint density at radius 3 is 2.96 bits per heavy atom. The van der Waals surface area contributed by atoms with Crippen LogP contribution >= 0.6 is 11.6 Å². The maximum atomic E-state index is 7.67. The fourth-order valence-electron chi connectivity index (χ4n) is 2.87. The van der Waals surface area contributed by atoms with Crippen molar-refractivity contribution in [2.45, 2.75) is 12.8 Å². The van der Waals surface area contributed by atoms with Gasteiger partial charge >= 0.3 is 0 Å². The summed E-state index contributed by atoms with van der Waals surface area (Å²) in [6.45, 7) is 3.28. The van der Waals surface area contributed by atoms with Gasteiger partial charge in [0.1, 0.15) is 11.4 Å². The monoisotopic (exact) mass is 330 g/mol. The molecule has 2 aromatic heterocycles. The summed E-state index contributed by atoms with van der Waals surface area (Å²) in [6.07, 6.45) is 7.62. The van der Waals surface area contributed by atoms with Crippen molar-refractivity contribution in [2.24, 2.45) is 5.92 Å². The fraction of sp³-hybridized carbons (Fsp3) is 0.353. The second-order valence-electron chi connectivity index (χ2n) is 5.83. The zero-order valence-corrected chi connectivity index (χ0v) is 13.7. The quantitative estimate of drug-likeness (QED) is 0.578. The molecule has 1 aliphatic rings. The third-order valence-electron chi connectivity index (χ3n) is 4.22. The summed E-state index contributed by atoms with van der Waals surface area (Å²) >= 11 is 5.94. The number of nitrogens with two attached hydrogens (primary N) is 1. The number of piperidine rings is 1. The third-order valence-corrected chi connectivity index (χ3v) is 4.43. The van der Waals surface area contributed by atoms with Crippen molar-refractivity contribution in [3.8, 4) is 0 Å².